The Kier molecular flexibility index (Phi) is 6.81. The van der Waals surface area contributed by atoms with E-state index in [0.717, 1.165) is 17.3 Å². The summed E-state index contributed by atoms with van der Waals surface area (Å²) in [5.74, 6) is -0.254. The van der Waals surface area contributed by atoms with Gasteiger partial charge in [0.2, 0.25) is 0 Å². The van der Waals surface area contributed by atoms with E-state index in [2.05, 4.69) is 22.5 Å². The monoisotopic (exact) mass is 293 g/mol. The third kappa shape index (κ3) is 4.33. The lowest BCUT2D eigenvalue weighted by molar-refractivity contribution is 0.566. The summed E-state index contributed by atoms with van der Waals surface area (Å²) in [4.78, 5) is 0. The molecule has 15 heavy (non-hydrogen) atoms. The summed E-state index contributed by atoms with van der Waals surface area (Å²) in [6.07, 6.45) is 3.31. The first-order chi connectivity index (χ1) is 6.65. The Labute approximate surface area is 104 Å². The lowest BCUT2D eigenvalue weighted by Crippen LogP contribution is -2.11. The molecule has 0 aliphatic carbocycles. The molecule has 1 atom stereocenters. The Morgan fingerprint density at radius 2 is 2.20 bits per heavy atom. The minimum Gasteiger partial charge on any atom is -0.324 e. The van der Waals surface area contributed by atoms with Crippen LogP contribution < -0.4 is 5.73 Å². The second-order valence-electron chi connectivity index (χ2n) is 3.14. The molecule has 1 nitrogen and oxygen atoms in total. The molecular formula is C11H14BrClFN. The standard InChI is InChI=1S/C11H13BrFN.ClH/c1-2-3-4-11(14)9-6-5-8(12)7-10(9)13;/h2,5-7,11H,1,3-4,14H2;1H/t11-;/m1./s1. The van der Waals surface area contributed by atoms with Crippen LogP contribution in [0.4, 0.5) is 4.39 Å². The average Bonchev–Trinajstić information content (AvgIpc) is 2.14. The van der Waals surface area contributed by atoms with E-state index in [4.69, 9.17) is 5.73 Å². The van der Waals surface area contributed by atoms with Crippen LogP contribution in [0.1, 0.15) is 24.4 Å². The molecule has 0 aromatic heterocycles. The molecular weight excluding hydrogens is 280 g/mol. The number of hydrogen-bond acceptors (Lipinski definition) is 1. The second kappa shape index (κ2) is 6.99. The van der Waals surface area contributed by atoms with E-state index in [9.17, 15) is 4.39 Å². The van der Waals surface area contributed by atoms with Crippen molar-refractivity contribution in [2.45, 2.75) is 18.9 Å². The SMILES string of the molecule is C=CCC[C@@H](N)c1ccc(Br)cc1F.Cl. The largest absolute Gasteiger partial charge is 0.324 e. The van der Waals surface area contributed by atoms with Gasteiger partial charge in [-0.1, -0.05) is 28.1 Å². The molecule has 1 aromatic carbocycles. The van der Waals surface area contributed by atoms with Crippen LogP contribution in [0.2, 0.25) is 0 Å². The highest BCUT2D eigenvalue weighted by atomic mass is 79.9. The Hall–Kier alpha value is -0.380. The van der Waals surface area contributed by atoms with Gasteiger partial charge < -0.3 is 5.73 Å². The lowest BCUT2D eigenvalue weighted by atomic mass is 10.0. The Balaban J connectivity index is 0.00000196. The maximum Gasteiger partial charge on any atom is 0.129 e. The topological polar surface area (TPSA) is 26.0 Å². The number of allylic oxidation sites excluding steroid dienone is 1. The minimum atomic E-state index is -0.254. The van der Waals surface area contributed by atoms with E-state index in [1.165, 1.54) is 6.07 Å². The van der Waals surface area contributed by atoms with Crippen molar-refractivity contribution in [3.05, 3.63) is 46.7 Å². The molecule has 0 heterocycles. The molecule has 0 spiro atoms. The highest BCUT2D eigenvalue weighted by molar-refractivity contribution is 9.10. The van der Waals surface area contributed by atoms with Gasteiger partial charge in [0, 0.05) is 16.1 Å². The summed E-state index contributed by atoms with van der Waals surface area (Å²) in [6, 6.07) is 4.70. The van der Waals surface area contributed by atoms with Gasteiger partial charge >= 0.3 is 0 Å². The third-order valence-corrected chi connectivity index (χ3v) is 2.54. The van der Waals surface area contributed by atoms with Crippen molar-refractivity contribution in [1.29, 1.82) is 0 Å². The van der Waals surface area contributed by atoms with Gasteiger partial charge in [-0.15, -0.1) is 19.0 Å². The first kappa shape index (κ1) is 14.6. The van der Waals surface area contributed by atoms with Crippen molar-refractivity contribution in [3.63, 3.8) is 0 Å². The van der Waals surface area contributed by atoms with Crippen LogP contribution >= 0.6 is 28.3 Å². The van der Waals surface area contributed by atoms with Crippen LogP contribution in [0.15, 0.2) is 35.3 Å². The first-order valence-corrected chi connectivity index (χ1v) is 5.26. The van der Waals surface area contributed by atoms with Gasteiger partial charge in [-0.2, -0.15) is 0 Å². The van der Waals surface area contributed by atoms with Crippen molar-refractivity contribution in [2.75, 3.05) is 0 Å². The van der Waals surface area contributed by atoms with Crippen LogP contribution in [0, 0.1) is 5.82 Å². The van der Waals surface area contributed by atoms with Gasteiger partial charge in [0.25, 0.3) is 0 Å². The Bertz CT molecular complexity index is 330. The molecule has 84 valence electrons. The molecule has 0 unspecified atom stereocenters. The average molecular weight is 295 g/mol. The van der Waals surface area contributed by atoms with Crippen LogP contribution in [-0.2, 0) is 0 Å². The molecule has 4 heteroatoms. The quantitative estimate of drug-likeness (QED) is 0.835. The molecule has 2 N–H and O–H groups in total. The molecule has 0 aliphatic rings. The fraction of sp³-hybridized carbons (Fsp3) is 0.273. The van der Waals surface area contributed by atoms with Crippen molar-refractivity contribution < 1.29 is 4.39 Å². The van der Waals surface area contributed by atoms with Crippen molar-refractivity contribution in [3.8, 4) is 0 Å². The second-order valence-corrected chi connectivity index (χ2v) is 4.05. The summed E-state index contributed by atoms with van der Waals surface area (Å²) in [5, 5.41) is 0. The highest BCUT2D eigenvalue weighted by Crippen LogP contribution is 2.22. The van der Waals surface area contributed by atoms with Crippen LogP contribution in [0.3, 0.4) is 0 Å². The summed E-state index contributed by atoms with van der Waals surface area (Å²) in [5.41, 5.74) is 6.39. The predicted octanol–water partition coefficient (Wildman–Crippen LogP) is 3.98. The van der Waals surface area contributed by atoms with E-state index in [1.807, 2.05) is 0 Å². The molecule has 1 aromatic rings. The zero-order valence-corrected chi connectivity index (χ0v) is 10.7. The molecule has 0 fully saturated rings. The van der Waals surface area contributed by atoms with Crippen molar-refractivity contribution >= 4 is 28.3 Å². The smallest absolute Gasteiger partial charge is 0.129 e. The number of rotatable bonds is 4. The van der Waals surface area contributed by atoms with Gasteiger partial charge in [0.05, 0.1) is 0 Å². The summed E-state index contributed by atoms with van der Waals surface area (Å²) in [6.45, 7) is 3.61. The zero-order valence-electron chi connectivity index (χ0n) is 8.25. The van der Waals surface area contributed by atoms with Gasteiger partial charge in [0.1, 0.15) is 5.82 Å². The predicted molar refractivity (Wildman–Crippen MR) is 67.7 cm³/mol. The van der Waals surface area contributed by atoms with Gasteiger partial charge in [-0.05, 0) is 25.0 Å². The molecule has 0 radical (unpaired) electrons. The molecule has 0 bridgehead atoms. The van der Waals surface area contributed by atoms with Gasteiger partial charge in [-0.3, -0.25) is 0 Å². The fourth-order valence-electron chi connectivity index (χ4n) is 1.26. The van der Waals surface area contributed by atoms with Crippen molar-refractivity contribution in [1.82, 2.24) is 0 Å². The molecule has 0 saturated carbocycles. The number of benzene rings is 1. The molecule has 0 saturated heterocycles. The van der Waals surface area contributed by atoms with Crippen LogP contribution in [-0.4, -0.2) is 0 Å². The normalized spacial score (nSPS) is 11.7. The number of hydrogen-bond donors (Lipinski definition) is 1. The minimum absolute atomic E-state index is 0. The first-order valence-electron chi connectivity index (χ1n) is 4.46. The van der Waals surface area contributed by atoms with Gasteiger partial charge in [-0.25, -0.2) is 4.39 Å². The highest BCUT2D eigenvalue weighted by Gasteiger charge is 2.10. The van der Waals surface area contributed by atoms with E-state index >= 15 is 0 Å². The zero-order chi connectivity index (χ0) is 10.6. The Morgan fingerprint density at radius 3 is 2.73 bits per heavy atom. The van der Waals surface area contributed by atoms with Crippen molar-refractivity contribution in [2.24, 2.45) is 5.73 Å². The molecule has 1 rings (SSSR count). The summed E-state index contributed by atoms with van der Waals surface area (Å²) < 4.78 is 14.1. The third-order valence-electron chi connectivity index (χ3n) is 2.04. The van der Waals surface area contributed by atoms with Crippen LogP contribution in [0.25, 0.3) is 0 Å². The molecule has 0 amide bonds. The number of halogens is 3. The molecule has 0 aliphatic heterocycles. The maximum absolute atomic E-state index is 13.4. The fourth-order valence-corrected chi connectivity index (χ4v) is 1.59. The summed E-state index contributed by atoms with van der Waals surface area (Å²) >= 11 is 3.20. The van der Waals surface area contributed by atoms with E-state index in [-0.39, 0.29) is 24.3 Å². The Morgan fingerprint density at radius 1 is 1.53 bits per heavy atom. The lowest BCUT2D eigenvalue weighted by Gasteiger charge is -2.11. The number of nitrogens with two attached hydrogens (primary N) is 1. The maximum atomic E-state index is 13.4. The van der Waals surface area contributed by atoms with Gasteiger partial charge in [0.15, 0.2) is 0 Å². The van der Waals surface area contributed by atoms with E-state index in [1.54, 1.807) is 18.2 Å². The summed E-state index contributed by atoms with van der Waals surface area (Å²) in [7, 11) is 0. The van der Waals surface area contributed by atoms with E-state index < -0.39 is 0 Å². The van der Waals surface area contributed by atoms with E-state index in [0.29, 0.717) is 5.56 Å². The van der Waals surface area contributed by atoms with Crippen LogP contribution in [0.5, 0.6) is 0 Å².